The maximum Gasteiger partial charge on any atom is 0.195 e. The van der Waals surface area contributed by atoms with Gasteiger partial charge < -0.3 is 10.8 Å². The molecule has 0 aliphatic heterocycles. The second kappa shape index (κ2) is 6.29. The number of rotatable bonds is 5. The van der Waals surface area contributed by atoms with Gasteiger partial charge in [-0.05, 0) is 42.3 Å². The first-order valence-electron chi connectivity index (χ1n) is 6.67. The zero-order valence-corrected chi connectivity index (χ0v) is 12.9. The van der Waals surface area contributed by atoms with Crippen LogP contribution in [0, 0.1) is 0 Å². The largest absolute Gasteiger partial charge is 0.398 e. The Morgan fingerprint density at radius 3 is 2.32 bits per heavy atom. The van der Waals surface area contributed by atoms with Gasteiger partial charge in [0.05, 0.1) is 4.90 Å². The van der Waals surface area contributed by atoms with E-state index in [1.807, 2.05) is 0 Å². The molecule has 2 aromatic carbocycles. The van der Waals surface area contributed by atoms with Crippen molar-refractivity contribution in [3.63, 3.8) is 0 Å². The lowest BCUT2D eigenvalue weighted by atomic mass is 9.98. The summed E-state index contributed by atoms with van der Waals surface area (Å²) in [7, 11) is -3.30. The van der Waals surface area contributed by atoms with Gasteiger partial charge in [-0.25, -0.2) is 8.42 Å². The highest BCUT2D eigenvalue weighted by atomic mass is 32.2. The van der Waals surface area contributed by atoms with E-state index < -0.39 is 9.84 Å². The van der Waals surface area contributed by atoms with Crippen molar-refractivity contribution in [1.29, 1.82) is 0 Å². The lowest BCUT2D eigenvalue weighted by Gasteiger charge is -2.10. The van der Waals surface area contributed by atoms with Crippen molar-refractivity contribution >= 4 is 21.3 Å². The minimum Gasteiger partial charge on any atom is -0.398 e. The molecule has 0 spiro atoms. The molecule has 0 saturated heterocycles. The van der Waals surface area contributed by atoms with Crippen molar-refractivity contribution in [3.05, 3.63) is 59.2 Å². The fraction of sp³-hybridized carbons (Fsp3) is 0.188. The summed E-state index contributed by atoms with van der Waals surface area (Å²) in [5.41, 5.74) is 7.74. The highest BCUT2D eigenvalue weighted by molar-refractivity contribution is 7.90. The number of carbonyl (C=O) groups is 1. The van der Waals surface area contributed by atoms with Crippen LogP contribution in [-0.4, -0.2) is 32.2 Å². The number of nitrogens with two attached hydrogens (primary N) is 1. The predicted molar refractivity (Wildman–Crippen MR) is 84.6 cm³/mol. The SMILES string of the molecule is CS(=O)(=O)c1ccc(C(=O)c2cccc(CCO)c2N)cc1. The lowest BCUT2D eigenvalue weighted by molar-refractivity contribution is 0.103. The van der Waals surface area contributed by atoms with Gasteiger partial charge in [-0.1, -0.05) is 12.1 Å². The number of anilines is 1. The third-order valence-corrected chi connectivity index (χ3v) is 4.50. The number of benzene rings is 2. The summed E-state index contributed by atoms with van der Waals surface area (Å²) in [4.78, 5) is 12.7. The van der Waals surface area contributed by atoms with Crippen molar-refractivity contribution in [1.82, 2.24) is 0 Å². The van der Waals surface area contributed by atoms with Gasteiger partial charge in [-0.15, -0.1) is 0 Å². The summed E-state index contributed by atoms with van der Waals surface area (Å²) in [6.45, 7) is -0.0507. The molecule has 22 heavy (non-hydrogen) atoms. The third kappa shape index (κ3) is 3.35. The number of aliphatic hydroxyl groups excluding tert-OH is 1. The van der Waals surface area contributed by atoms with E-state index in [0.717, 1.165) is 6.26 Å². The summed E-state index contributed by atoms with van der Waals surface area (Å²) < 4.78 is 22.9. The molecule has 0 bridgehead atoms. The van der Waals surface area contributed by atoms with Crippen molar-refractivity contribution in [2.45, 2.75) is 11.3 Å². The van der Waals surface area contributed by atoms with Gasteiger partial charge in [0.15, 0.2) is 15.6 Å². The summed E-state index contributed by atoms with van der Waals surface area (Å²) in [5.74, 6) is -0.280. The lowest BCUT2D eigenvalue weighted by Crippen LogP contribution is -2.09. The molecule has 2 aromatic rings. The normalized spacial score (nSPS) is 11.4. The Labute approximate surface area is 129 Å². The zero-order chi connectivity index (χ0) is 16.3. The molecule has 0 amide bonds. The number of ketones is 1. The van der Waals surface area contributed by atoms with E-state index >= 15 is 0 Å². The molecule has 3 N–H and O–H groups in total. The minimum atomic E-state index is -3.30. The topological polar surface area (TPSA) is 97.5 Å². The molecule has 0 fully saturated rings. The third-order valence-electron chi connectivity index (χ3n) is 3.37. The monoisotopic (exact) mass is 319 g/mol. The molecule has 6 heteroatoms. The summed E-state index contributed by atoms with van der Waals surface area (Å²) >= 11 is 0. The quantitative estimate of drug-likeness (QED) is 0.642. The van der Waals surface area contributed by atoms with Crippen LogP contribution >= 0.6 is 0 Å². The van der Waals surface area contributed by atoms with Gasteiger partial charge in [0.2, 0.25) is 0 Å². The number of aliphatic hydroxyl groups is 1. The number of sulfone groups is 1. The van der Waals surface area contributed by atoms with Gasteiger partial charge in [0.1, 0.15) is 0 Å². The molecule has 0 aliphatic rings. The highest BCUT2D eigenvalue weighted by Gasteiger charge is 2.15. The van der Waals surface area contributed by atoms with Crippen LogP contribution in [0.4, 0.5) is 5.69 Å². The number of hydrogen-bond donors (Lipinski definition) is 2. The Bertz CT molecular complexity index is 795. The van der Waals surface area contributed by atoms with Crippen LogP contribution in [0.25, 0.3) is 0 Å². The maximum atomic E-state index is 12.5. The molecule has 116 valence electrons. The van der Waals surface area contributed by atoms with E-state index in [0.29, 0.717) is 28.8 Å². The first kappa shape index (κ1) is 16.2. The number of nitrogen functional groups attached to an aromatic ring is 1. The van der Waals surface area contributed by atoms with Crippen LogP contribution in [0.5, 0.6) is 0 Å². The van der Waals surface area contributed by atoms with Crippen LogP contribution in [-0.2, 0) is 16.3 Å². The second-order valence-electron chi connectivity index (χ2n) is 4.98. The molecule has 0 radical (unpaired) electrons. The van der Waals surface area contributed by atoms with Crippen LogP contribution in [0.2, 0.25) is 0 Å². The highest BCUT2D eigenvalue weighted by Crippen LogP contribution is 2.22. The molecule has 2 rings (SSSR count). The predicted octanol–water partition coefficient (Wildman–Crippen LogP) is 1.44. The summed E-state index contributed by atoms with van der Waals surface area (Å²) in [6.07, 6.45) is 1.49. The van der Waals surface area contributed by atoms with E-state index in [1.165, 1.54) is 24.3 Å². The van der Waals surface area contributed by atoms with E-state index in [4.69, 9.17) is 10.8 Å². The van der Waals surface area contributed by atoms with E-state index in [-0.39, 0.29) is 17.3 Å². The summed E-state index contributed by atoms with van der Waals surface area (Å²) in [6, 6.07) is 10.8. The standard InChI is InChI=1S/C16H17NO4S/c1-22(20,21)13-7-5-12(6-8-13)16(19)14-4-2-3-11(9-10-18)15(14)17/h2-8,18H,9-10,17H2,1H3. The maximum absolute atomic E-state index is 12.5. The molecular formula is C16H17NO4S. The fourth-order valence-electron chi connectivity index (χ4n) is 2.16. The van der Waals surface area contributed by atoms with Crippen LogP contribution in [0.1, 0.15) is 21.5 Å². The molecule has 5 nitrogen and oxygen atoms in total. The Kier molecular flexibility index (Phi) is 4.63. The summed E-state index contributed by atoms with van der Waals surface area (Å²) in [5, 5.41) is 9.00. The van der Waals surface area contributed by atoms with Crippen molar-refractivity contribution < 1.29 is 18.3 Å². The van der Waals surface area contributed by atoms with Gasteiger partial charge in [-0.3, -0.25) is 4.79 Å². The minimum absolute atomic E-state index is 0.0507. The number of hydrogen-bond acceptors (Lipinski definition) is 5. The Morgan fingerprint density at radius 1 is 1.14 bits per heavy atom. The van der Waals surface area contributed by atoms with Crippen molar-refractivity contribution in [2.24, 2.45) is 0 Å². The van der Waals surface area contributed by atoms with E-state index in [1.54, 1.807) is 18.2 Å². The fourth-order valence-corrected chi connectivity index (χ4v) is 2.79. The van der Waals surface area contributed by atoms with Crippen molar-refractivity contribution in [3.8, 4) is 0 Å². The van der Waals surface area contributed by atoms with Crippen LogP contribution in [0.3, 0.4) is 0 Å². The molecular weight excluding hydrogens is 302 g/mol. The average molecular weight is 319 g/mol. The molecule has 0 aliphatic carbocycles. The number of carbonyl (C=O) groups excluding carboxylic acids is 1. The van der Waals surface area contributed by atoms with Gasteiger partial charge >= 0.3 is 0 Å². The molecule has 0 saturated carbocycles. The van der Waals surface area contributed by atoms with Gasteiger partial charge in [0.25, 0.3) is 0 Å². The average Bonchev–Trinajstić information content (AvgIpc) is 2.48. The Hall–Kier alpha value is -2.18. The zero-order valence-electron chi connectivity index (χ0n) is 12.1. The molecule has 0 aromatic heterocycles. The number of para-hydroxylation sites is 1. The van der Waals surface area contributed by atoms with E-state index in [2.05, 4.69) is 0 Å². The first-order valence-corrected chi connectivity index (χ1v) is 8.57. The van der Waals surface area contributed by atoms with Gasteiger partial charge in [0, 0.05) is 29.7 Å². The molecule has 0 heterocycles. The van der Waals surface area contributed by atoms with Crippen LogP contribution < -0.4 is 5.73 Å². The van der Waals surface area contributed by atoms with Crippen molar-refractivity contribution in [2.75, 3.05) is 18.6 Å². The smallest absolute Gasteiger partial charge is 0.195 e. The molecule has 0 atom stereocenters. The van der Waals surface area contributed by atoms with E-state index in [9.17, 15) is 13.2 Å². The molecule has 0 unspecified atom stereocenters. The van der Waals surface area contributed by atoms with Crippen LogP contribution in [0.15, 0.2) is 47.4 Å². The Morgan fingerprint density at radius 2 is 1.77 bits per heavy atom. The van der Waals surface area contributed by atoms with Gasteiger partial charge in [-0.2, -0.15) is 0 Å². The first-order chi connectivity index (χ1) is 10.3. The Balaban J connectivity index is 2.38. The second-order valence-corrected chi connectivity index (χ2v) is 6.99.